The monoisotopic (exact) mass is 191 g/mol. The third-order valence-electron chi connectivity index (χ3n) is 2.58. The lowest BCUT2D eigenvalue weighted by Gasteiger charge is -2.21. The van der Waals surface area contributed by atoms with Gasteiger partial charge in [-0.1, -0.05) is 12.1 Å². The molecule has 0 saturated carbocycles. The average molecular weight is 191 g/mol. The van der Waals surface area contributed by atoms with Crippen LogP contribution in [0, 0.1) is 5.82 Å². The smallest absolute Gasteiger partial charge is 0.123 e. The third kappa shape index (κ3) is 1.46. The fourth-order valence-corrected chi connectivity index (χ4v) is 1.93. The van der Waals surface area contributed by atoms with E-state index in [1.807, 2.05) is 19.9 Å². The lowest BCUT2D eigenvalue weighted by atomic mass is 9.91. The summed E-state index contributed by atoms with van der Waals surface area (Å²) in [4.78, 5) is 0. The number of hydrogen-bond acceptors (Lipinski definition) is 1. The second-order valence-electron chi connectivity index (χ2n) is 4.35. The molecule has 74 valence electrons. The Labute approximate surface area is 83.4 Å². The first-order valence-electron chi connectivity index (χ1n) is 4.77. The van der Waals surface area contributed by atoms with Gasteiger partial charge in [-0.2, -0.15) is 0 Å². The normalized spacial score (nSPS) is 15.3. The van der Waals surface area contributed by atoms with Gasteiger partial charge in [-0.3, -0.25) is 0 Å². The number of hydrogen-bond donors (Lipinski definition) is 1. The van der Waals surface area contributed by atoms with Crippen molar-refractivity contribution in [1.29, 1.82) is 0 Å². The summed E-state index contributed by atoms with van der Waals surface area (Å²) in [6.07, 6.45) is 2.88. The van der Waals surface area contributed by atoms with Gasteiger partial charge in [0.1, 0.15) is 5.82 Å². The summed E-state index contributed by atoms with van der Waals surface area (Å²) in [5, 5.41) is 0. The molecule has 0 amide bonds. The van der Waals surface area contributed by atoms with Crippen molar-refractivity contribution in [3.8, 4) is 0 Å². The topological polar surface area (TPSA) is 26.0 Å². The van der Waals surface area contributed by atoms with Crippen LogP contribution in [0.1, 0.15) is 25.0 Å². The van der Waals surface area contributed by atoms with Crippen LogP contribution in [0.25, 0.3) is 5.57 Å². The highest BCUT2D eigenvalue weighted by Crippen LogP contribution is 2.33. The summed E-state index contributed by atoms with van der Waals surface area (Å²) in [5.41, 5.74) is 8.94. The van der Waals surface area contributed by atoms with Crippen LogP contribution in [0.5, 0.6) is 0 Å². The van der Waals surface area contributed by atoms with E-state index >= 15 is 0 Å². The highest BCUT2D eigenvalue weighted by atomic mass is 19.1. The van der Waals surface area contributed by atoms with Crippen molar-refractivity contribution >= 4 is 5.57 Å². The van der Waals surface area contributed by atoms with E-state index < -0.39 is 0 Å². The van der Waals surface area contributed by atoms with Gasteiger partial charge >= 0.3 is 0 Å². The summed E-state index contributed by atoms with van der Waals surface area (Å²) in [6.45, 7) is 3.94. The van der Waals surface area contributed by atoms with Crippen molar-refractivity contribution in [3.05, 3.63) is 41.2 Å². The van der Waals surface area contributed by atoms with Crippen LogP contribution in [0.4, 0.5) is 4.39 Å². The second-order valence-corrected chi connectivity index (χ2v) is 4.35. The SMILES string of the molecule is CC(C)(N)C1=CCc2cc(F)ccc21. The van der Waals surface area contributed by atoms with Gasteiger partial charge in [0.25, 0.3) is 0 Å². The maximum absolute atomic E-state index is 12.9. The first kappa shape index (κ1) is 9.41. The number of nitrogens with two attached hydrogens (primary N) is 1. The Morgan fingerprint density at radius 3 is 2.71 bits per heavy atom. The Balaban J connectivity index is 2.48. The van der Waals surface area contributed by atoms with Crippen molar-refractivity contribution < 1.29 is 4.39 Å². The number of allylic oxidation sites excluding steroid dienone is 1. The Morgan fingerprint density at radius 2 is 2.07 bits per heavy atom. The Bertz CT molecular complexity index is 399. The lowest BCUT2D eigenvalue weighted by molar-refractivity contribution is 0.625. The zero-order valence-corrected chi connectivity index (χ0v) is 8.47. The molecule has 1 aliphatic carbocycles. The molecule has 0 saturated heterocycles. The van der Waals surface area contributed by atoms with Gasteiger partial charge in [0, 0.05) is 5.54 Å². The zero-order chi connectivity index (χ0) is 10.3. The van der Waals surface area contributed by atoms with Crippen LogP contribution in [-0.2, 0) is 6.42 Å². The predicted octanol–water partition coefficient (Wildman–Crippen LogP) is 2.50. The van der Waals surface area contributed by atoms with Crippen molar-refractivity contribution in [1.82, 2.24) is 0 Å². The molecule has 0 radical (unpaired) electrons. The minimum atomic E-state index is -0.344. The van der Waals surface area contributed by atoms with E-state index in [0.29, 0.717) is 0 Å². The maximum Gasteiger partial charge on any atom is 0.123 e. The van der Waals surface area contributed by atoms with E-state index in [2.05, 4.69) is 6.08 Å². The van der Waals surface area contributed by atoms with E-state index in [4.69, 9.17) is 5.73 Å². The number of fused-ring (bicyclic) bond motifs is 1. The summed E-state index contributed by atoms with van der Waals surface area (Å²) < 4.78 is 12.9. The first-order valence-corrected chi connectivity index (χ1v) is 4.77. The van der Waals surface area contributed by atoms with Gasteiger partial charge in [-0.15, -0.1) is 0 Å². The molecule has 0 aromatic heterocycles. The van der Waals surface area contributed by atoms with Gasteiger partial charge in [0.2, 0.25) is 0 Å². The Hall–Kier alpha value is -1.15. The van der Waals surface area contributed by atoms with E-state index in [1.165, 1.54) is 6.07 Å². The lowest BCUT2D eigenvalue weighted by Crippen LogP contribution is -2.32. The first-order chi connectivity index (χ1) is 6.48. The standard InChI is InChI=1S/C12H14FN/c1-12(2,14)11-6-3-8-7-9(13)4-5-10(8)11/h4-7H,3,14H2,1-2H3. The van der Waals surface area contributed by atoms with Gasteiger partial charge in [0.15, 0.2) is 0 Å². The summed E-state index contributed by atoms with van der Waals surface area (Å²) in [7, 11) is 0. The van der Waals surface area contributed by atoms with Crippen LogP contribution in [-0.4, -0.2) is 5.54 Å². The molecule has 1 aromatic rings. The second kappa shape index (κ2) is 2.92. The molecule has 2 heteroatoms. The average Bonchev–Trinajstić information content (AvgIpc) is 2.45. The van der Waals surface area contributed by atoms with Crippen molar-refractivity contribution in [3.63, 3.8) is 0 Å². The summed E-state index contributed by atoms with van der Waals surface area (Å²) >= 11 is 0. The van der Waals surface area contributed by atoms with Crippen molar-refractivity contribution in [2.24, 2.45) is 5.73 Å². The number of halogens is 1. The van der Waals surface area contributed by atoms with Gasteiger partial charge < -0.3 is 5.73 Å². The van der Waals surface area contributed by atoms with Crippen molar-refractivity contribution in [2.75, 3.05) is 0 Å². The molecule has 1 nitrogen and oxygen atoms in total. The molecular weight excluding hydrogens is 177 g/mol. The number of rotatable bonds is 1. The Morgan fingerprint density at radius 1 is 1.36 bits per heavy atom. The third-order valence-corrected chi connectivity index (χ3v) is 2.58. The Kier molecular flexibility index (Phi) is 1.96. The molecule has 0 atom stereocenters. The molecule has 0 heterocycles. The highest BCUT2D eigenvalue weighted by Gasteiger charge is 2.24. The molecule has 2 rings (SSSR count). The molecule has 0 unspecified atom stereocenters. The van der Waals surface area contributed by atoms with Crippen LogP contribution < -0.4 is 5.73 Å². The van der Waals surface area contributed by atoms with Crippen molar-refractivity contribution in [2.45, 2.75) is 25.8 Å². The summed E-state index contributed by atoms with van der Waals surface area (Å²) in [5.74, 6) is -0.173. The minimum Gasteiger partial charge on any atom is -0.322 e. The molecule has 0 aliphatic heterocycles. The van der Waals surface area contributed by atoms with Gasteiger partial charge in [-0.25, -0.2) is 4.39 Å². The molecule has 0 spiro atoms. The molecule has 0 fully saturated rings. The van der Waals surface area contributed by atoms with E-state index in [9.17, 15) is 4.39 Å². The van der Waals surface area contributed by atoms with Crippen LogP contribution in [0.2, 0.25) is 0 Å². The predicted molar refractivity (Wildman–Crippen MR) is 56.3 cm³/mol. The highest BCUT2D eigenvalue weighted by molar-refractivity contribution is 5.78. The van der Waals surface area contributed by atoms with Gasteiger partial charge in [-0.05, 0) is 49.1 Å². The van der Waals surface area contributed by atoms with E-state index in [0.717, 1.165) is 23.1 Å². The fourth-order valence-electron chi connectivity index (χ4n) is 1.93. The van der Waals surface area contributed by atoms with E-state index in [1.54, 1.807) is 6.07 Å². The molecule has 0 bridgehead atoms. The van der Waals surface area contributed by atoms with Gasteiger partial charge in [0.05, 0.1) is 0 Å². The van der Waals surface area contributed by atoms with Crippen LogP contribution in [0.3, 0.4) is 0 Å². The maximum atomic E-state index is 12.9. The molecule has 1 aromatic carbocycles. The van der Waals surface area contributed by atoms with E-state index in [-0.39, 0.29) is 11.4 Å². The minimum absolute atomic E-state index is 0.173. The number of benzene rings is 1. The summed E-state index contributed by atoms with van der Waals surface area (Å²) in [6, 6.07) is 4.90. The quantitative estimate of drug-likeness (QED) is 0.725. The molecular formula is C12H14FN. The van der Waals surface area contributed by atoms with Crippen LogP contribution >= 0.6 is 0 Å². The molecule has 14 heavy (non-hydrogen) atoms. The molecule has 1 aliphatic rings. The fraction of sp³-hybridized carbons (Fsp3) is 0.333. The van der Waals surface area contributed by atoms with Crippen LogP contribution in [0.15, 0.2) is 24.3 Å². The molecule has 2 N–H and O–H groups in total. The largest absolute Gasteiger partial charge is 0.322 e. The zero-order valence-electron chi connectivity index (χ0n) is 8.47.